The highest BCUT2D eigenvalue weighted by molar-refractivity contribution is 5.89. The number of carbonyl (C=O) groups excluding carboxylic acids is 1. The molecule has 2 N–H and O–H groups in total. The van der Waals surface area contributed by atoms with E-state index >= 15 is 0 Å². The first-order chi connectivity index (χ1) is 12.0. The number of carboxylic acid groups (broad SMARTS) is 1. The van der Waals surface area contributed by atoms with Gasteiger partial charge in [-0.3, -0.25) is 4.79 Å². The van der Waals surface area contributed by atoms with Gasteiger partial charge < -0.3 is 5.11 Å². The highest BCUT2D eigenvalue weighted by Crippen LogP contribution is 2.61. The van der Waals surface area contributed by atoms with Crippen LogP contribution in [0.1, 0.15) is 60.9 Å². The van der Waals surface area contributed by atoms with E-state index < -0.39 is 5.97 Å². The number of carboxylic acids is 1. The van der Waals surface area contributed by atoms with Gasteiger partial charge in [0.25, 0.3) is 0 Å². The van der Waals surface area contributed by atoms with E-state index in [1.54, 1.807) is 18.3 Å². The Balaban J connectivity index is 1.33. The number of carbonyl (C=O) groups is 2. The molecule has 0 saturated heterocycles. The van der Waals surface area contributed by atoms with Crippen LogP contribution in [0.3, 0.4) is 0 Å². The van der Waals surface area contributed by atoms with Crippen LogP contribution < -0.4 is 5.43 Å². The normalized spacial score (nSPS) is 32.9. The average molecular weight is 340 g/mol. The van der Waals surface area contributed by atoms with Gasteiger partial charge in [0.1, 0.15) is 0 Å². The Labute approximate surface area is 147 Å². The fourth-order valence-corrected chi connectivity index (χ4v) is 5.78. The summed E-state index contributed by atoms with van der Waals surface area (Å²) >= 11 is 0. The van der Waals surface area contributed by atoms with Crippen molar-refractivity contribution >= 4 is 18.1 Å². The Kier molecular flexibility index (Phi) is 4.10. The molecule has 132 valence electrons. The SMILES string of the molecule is O=C(CC12CC3CC(CC(C3)C1)C2)N/N=C\c1ccc(C(=O)O)cc1. The minimum absolute atomic E-state index is 0.000330. The maximum atomic E-state index is 12.4. The van der Waals surface area contributed by atoms with Gasteiger partial charge in [0.15, 0.2) is 0 Å². The molecule has 0 unspecified atom stereocenters. The summed E-state index contributed by atoms with van der Waals surface area (Å²) in [4.78, 5) is 23.2. The Hall–Kier alpha value is -2.17. The van der Waals surface area contributed by atoms with Crippen LogP contribution in [0, 0.1) is 23.2 Å². The molecule has 1 amide bonds. The maximum Gasteiger partial charge on any atom is 0.335 e. The average Bonchev–Trinajstić information content (AvgIpc) is 2.53. The van der Waals surface area contributed by atoms with Crippen molar-refractivity contribution < 1.29 is 14.7 Å². The third-order valence-electron chi connectivity index (χ3n) is 6.26. The van der Waals surface area contributed by atoms with Crippen LogP contribution in [0.15, 0.2) is 29.4 Å². The lowest BCUT2D eigenvalue weighted by Gasteiger charge is -2.56. The lowest BCUT2D eigenvalue weighted by atomic mass is 9.49. The predicted molar refractivity (Wildman–Crippen MR) is 94.4 cm³/mol. The van der Waals surface area contributed by atoms with Gasteiger partial charge in [-0.05, 0) is 79.4 Å². The van der Waals surface area contributed by atoms with E-state index in [0.29, 0.717) is 6.42 Å². The fourth-order valence-electron chi connectivity index (χ4n) is 5.78. The molecule has 0 atom stereocenters. The third-order valence-corrected chi connectivity index (χ3v) is 6.26. The minimum Gasteiger partial charge on any atom is -0.478 e. The van der Waals surface area contributed by atoms with Gasteiger partial charge in [-0.2, -0.15) is 5.10 Å². The molecule has 5 heteroatoms. The highest BCUT2D eigenvalue weighted by atomic mass is 16.4. The van der Waals surface area contributed by atoms with Gasteiger partial charge in [0.05, 0.1) is 11.8 Å². The first-order valence-corrected chi connectivity index (χ1v) is 9.17. The molecular formula is C20H24N2O3. The summed E-state index contributed by atoms with van der Waals surface area (Å²) in [5.41, 5.74) is 3.88. The Morgan fingerprint density at radius 2 is 1.64 bits per heavy atom. The smallest absolute Gasteiger partial charge is 0.335 e. The van der Waals surface area contributed by atoms with Gasteiger partial charge in [-0.15, -0.1) is 0 Å². The Morgan fingerprint density at radius 1 is 1.08 bits per heavy atom. The number of hydrogen-bond donors (Lipinski definition) is 2. The van der Waals surface area contributed by atoms with Crippen LogP contribution >= 0.6 is 0 Å². The zero-order chi connectivity index (χ0) is 17.4. The molecule has 4 saturated carbocycles. The fraction of sp³-hybridized carbons (Fsp3) is 0.550. The summed E-state index contributed by atoms with van der Waals surface area (Å²) < 4.78 is 0. The van der Waals surface area contributed by atoms with Crippen molar-refractivity contribution in [2.45, 2.75) is 44.9 Å². The zero-order valence-electron chi connectivity index (χ0n) is 14.3. The van der Waals surface area contributed by atoms with Crippen LogP contribution in [0.5, 0.6) is 0 Å². The molecular weight excluding hydrogens is 316 g/mol. The summed E-state index contributed by atoms with van der Waals surface area (Å²) in [6.45, 7) is 0. The Morgan fingerprint density at radius 3 is 2.16 bits per heavy atom. The number of hydrogen-bond acceptors (Lipinski definition) is 3. The number of nitrogens with one attached hydrogen (secondary N) is 1. The molecule has 0 aliphatic heterocycles. The molecule has 0 heterocycles. The number of aromatic carboxylic acids is 1. The standard InChI is InChI=1S/C20H24N2O3/c23-18(22-21-12-13-1-3-17(4-2-13)19(24)25)11-20-8-14-5-15(9-20)7-16(6-14)10-20/h1-4,12,14-16H,5-11H2,(H,22,23)(H,24,25)/b21-12-. The van der Waals surface area contributed by atoms with Crippen molar-refractivity contribution in [1.82, 2.24) is 5.43 Å². The first kappa shape index (κ1) is 16.3. The minimum atomic E-state index is -0.952. The second-order valence-corrected chi connectivity index (χ2v) is 8.31. The summed E-state index contributed by atoms with van der Waals surface area (Å²) in [7, 11) is 0. The van der Waals surface area contributed by atoms with Crippen LogP contribution in [0.25, 0.3) is 0 Å². The van der Waals surface area contributed by atoms with Crippen molar-refractivity contribution in [2.75, 3.05) is 0 Å². The Bertz CT molecular complexity index is 673. The quantitative estimate of drug-likeness (QED) is 0.636. The molecule has 25 heavy (non-hydrogen) atoms. The molecule has 1 aromatic rings. The third kappa shape index (κ3) is 3.46. The largest absolute Gasteiger partial charge is 0.478 e. The molecule has 4 aliphatic carbocycles. The highest BCUT2D eigenvalue weighted by Gasteiger charge is 2.51. The van der Waals surface area contributed by atoms with Crippen molar-refractivity contribution in [1.29, 1.82) is 0 Å². The van der Waals surface area contributed by atoms with Crippen molar-refractivity contribution in [3.05, 3.63) is 35.4 Å². The molecule has 0 spiro atoms. The van der Waals surface area contributed by atoms with E-state index in [-0.39, 0.29) is 16.9 Å². The number of hydrazone groups is 1. The van der Waals surface area contributed by atoms with Crippen LogP contribution in [0.4, 0.5) is 0 Å². The first-order valence-electron chi connectivity index (χ1n) is 9.17. The van der Waals surface area contributed by atoms with Crippen LogP contribution in [-0.2, 0) is 4.79 Å². The summed E-state index contributed by atoms with van der Waals surface area (Å²) in [6, 6.07) is 6.41. The molecule has 4 aliphatic rings. The van der Waals surface area contributed by atoms with Gasteiger partial charge >= 0.3 is 5.97 Å². The van der Waals surface area contributed by atoms with E-state index in [4.69, 9.17) is 5.11 Å². The molecule has 0 radical (unpaired) electrons. The van der Waals surface area contributed by atoms with Crippen molar-refractivity contribution in [2.24, 2.45) is 28.3 Å². The van der Waals surface area contributed by atoms with Crippen LogP contribution in [0.2, 0.25) is 0 Å². The van der Waals surface area contributed by atoms with Gasteiger partial charge in [-0.25, -0.2) is 10.2 Å². The maximum absolute atomic E-state index is 12.4. The van der Waals surface area contributed by atoms with E-state index in [1.165, 1.54) is 50.7 Å². The van der Waals surface area contributed by atoms with E-state index in [0.717, 1.165) is 23.3 Å². The van der Waals surface area contributed by atoms with E-state index in [9.17, 15) is 9.59 Å². The zero-order valence-corrected chi connectivity index (χ0v) is 14.3. The van der Waals surface area contributed by atoms with Crippen molar-refractivity contribution in [3.63, 3.8) is 0 Å². The second kappa shape index (κ2) is 6.28. The molecule has 4 bridgehead atoms. The van der Waals surface area contributed by atoms with Crippen LogP contribution in [-0.4, -0.2) is 23.2 Å². The summed E-state index contributed by atoms with van der Waals surface area (Å²) in [5.74, 6) is 1.58. The van der Waals surface area contributed by atoms with Crippen molar-refractivity contribution in [3.8, 4) is 0 Å². The second-order valence-electron chi connectivity index (χ2n) is 8.31. The molecule has 5 rings (SSSR count). The molecule has 5 nitrogen and oxygen atoms in total. The molecule has 0 aromatic heterocycles. The summed E-state index contributed by atoms with van der Waals surface area (Å²) in [6.07, 6.45) is 9.93. The van der Waals surface area contributed by atoms with Gasteiger partial charge in [-0.1, -0.05) is 12.1 Å². The number of benzene rings is 1. The monoisotopic (exact) mass is 340 g/mol. The predicted octanol–water partition coefficient (Wildman–Crippen LogP) is 3.44. The molecule has 4 fully saturated rings. The number of rotatable bonds is 5. The van der Waals surface area contributed by atoms with Gasteiger partial charge in [0, 0.05) is 6.42 Å². The lowest BCUT2D eigenvalue weighted by Crippen LogP contribution is -2.47. The topological polar surface area (TPSA) is 78.8 Å². The number of nitrogens with zero attached hydrogens (tertiary/aromatic N) is 1. The van der Waals surface area contributed by atoms with E-state index in [1.807, 2.05) is 0 Å². The van der Waals surface area contributed by atoms with E-state index in [2.05, 4.69) is 10.5 Å². The molecule has 1 aromatic carbocycles. The summed E-state index contributed by atoms with van der Waals surface area (Å²) in [5, 5.41) is 12.9. The number of amides is 1. The lowest BCUT2D eigenvalue weighted by molar-refractivity contribution is -0.129. The van der Waals surface area contributed by atoms with Gasteiger partial charge in [0.2, 0.25) is 5.91 Å².